The van der Waals surface area contributed by atoms with E-state index in [-0.39, 0.29) is 47.8 Å². The zero-order chi connectivity index (χ0) is 26.3. The lowest BCUT2D eigenvalue weighted by Gasteiger charge is -2.11. The molecule has 0 aliphatic heterocycles. The molecule has 0 fully saturated rings. The quantitative estimate of drug-likeness (QED) is 0.294. The molecule has 1 amide bonds. The predicted molar refractivity (Wildman–Crippen MR) is 112 cm³/mol. The van der Waals surface area contributed by atoms with E-state index in [1.54, 1.807) is 0 Å². The first-order valence-electron chi connectivity index (χ1n) is 10.5. The molecule has 0 aliphatic rings. The molecule has 36 heavy (non-hydrogen) atoms. The third kappa shape index (κ3) is 5.31. The molecule has 190 valence electrons. The number of aromatic nitrogens is 5. The zero-order valence-corrected chi connectivity index (χ0v) is 18.5. The summed E-state index contributed by atoms with van der Waals surface area (Å²) in [4.78, 5) is 16.6. The first-order chi connectivity index (χ1) is 16.8. The van der Waals surface area contributed by atoms with Crippen molar-refractivity contribution in [2.45, 2.75) is 32.2 Å². The molecular weight excluding hydrogens is 497 g/mol. The maximum absolute atomic E-state index is 13.7. The topological polar surface area (TPSA) is 77.1 Å². The van der Waals surface area contributed by atoms with Crippen LogP contribution in [0.25, 0.3) is 16.9 Å². The van der Waals surface area contributed by atoms with Gasteiger partial charge in [-0.2, -0.15) is 36.5 Å². The van der Waals surface area contributed by atoms with E-state index in [1.165, 1.54) is 19.1 Å². The van der Waals surface area contributed by atoms with Crippen molar-refractivity contribution in [2.24, 2.45) is 0 Å². The van der Waals surface area contributed by atoms with E-state index in [0.717, 1.165) is 35.0 Å². The third-order valence-corrected chi connectivity index (χ3v) is 5.19. The second-order valence-corrected chi connectivity index (χ2v) is 7.83. The van der Waals surface area contributed by atoms with Crippen molar-refractivity contribution >= 4 is 11.6 Å². The van der Waals surface area contributed by atoms with Crippen molar-refractivity contribution in [1.82, 2.24) is 29.7 Å². The van der Waals surface area contributed by atoms with E-state index >= 15 is 0 Å². The average molecular weight is 514 g/mol. The van der Waals surface area contributed by atoms with Crippen LogP contribution in [-0.4, -0.2) is 36.8 Å². The lowest BCUT2D eigenvalue weighted by molar-refractivity contribution is -0.143. The van der Waals surface area contributed by atoms with Crippen LogP contribution in [0.2, 0.25) is 0 Å². The highest BCUT2D eigenvalue weighted by Gasteiger charge is 2.36. The number of nitrogens with one attached hydrogen (secondary N) is 1. The number of hydrogen-bond acceptors (Lipinski definition) is 4. The molecule has 1 aromatic carbocycles. The summed E-state index contributed by atoms with van der Waals surface area (Å²) in [6, 6.07) is 7.44. The van der Waals surface area contributed by atoms with Crippen LogP contribution in [0.4, 0.5) is 30.7 Å². The average Bonchev–Trinajstić information content (AvgIpc) is 3.39. The van der Waals surface area contributed by atoms with Crippen LogP contribution < -0.4 is 5.32 Å². The van der Waals surface area contributed by atoms with E-state index in [1.807, 2.05) is 0 Å². The maximum Gasteiger partial charge on any atom is 0.435 e. The number of nitrogens with zero attached hydrogens (tertiary/aromatic N) is 5. The summed E-state index contributed by atoms with van der Waals surface area (Å²) < 4.78 is 94.2. The second kappa shape index (κ2) is 9.24. The Kier molecular flexibility index (Phi) is 6.45. The van der Waals surface area contributed by atoms with Gasteiger partial charge in [0.2, 0.25) is 0 Å². The Hall–Kier alpha value is -3.97. The number of hydrogen-bond donors (Lipinski definition) is 1. The van der Waals surface area contributed by atoms with Gasteiger partial charge in [-0.3, -0.25) is 9.48 Å². The minimum atomic E-state index is -4.83. The van der Waals surface area contributed by atoms with Crippen LogP contribution >= 0.6 is 0 Å². The Labute approximate surface area is 198 Å². The Balaban J connectivity index is 1.50. The maximum atomic E-state index is 13.7. The number of rotatable bonds is 6. The summed E-state index contributed by atoms with van der Waals surface area (Å²) in [5, 5.41) is 9.68. The molecule has 0 radical (unpaired) electrons. The number of benzene rings is 1. The normalized spacial score (nSPS) is 12.3. The van der Waals surface area contributed by atoms with Crippen molar-refractivity contribution in [2.75, 3.05) is 6.54 Å². The number of carbonyl (C=O) groups is 1. The molecular formula is C22H17F7N6O. The highest BCUT2D eigenvalue weighted by atomic mass is 19.4. The van der Waals surface area contributed by atoms with Gasteiger partial charge in [-0.05, 0) is 49.7 Å². The van der Waals surface area contributed by atoms with Gasteiger partial charge in [-0.25, -0.2) is 13.9 Å². The molecule has 0 aliphatic carbocycles. The van der Waals surface area contributed by atoms with Crippen molar-refractivity contribution in [3.63, 3.8) is 0 Å². The molecule has 0 unspecified atom stereocenters. The summed E-state index contributed by atoms with van der Waals surface area (Å²) in [6.45, 7) is 1.55. The van der Waals surface area contributed by atoms with Crippen LogP contribution in [0, 0.1) is 12.7 Å². The van der Waals surface area contributed by atoms with E-state index < -0.39 is 35.5 Å². The van der Waals surface area contributed by atoms with Crippen molar-refractivity contribution < 1.29 is 35.5 Å². The number of aryl methyl sites for hydroxylation is 2. The van der Waals surface area contributed by atoms with E-state index in [2.05, 4.69) is 20.5 Å². The smallest absolute Gasteiger partial charge is 0.351 e. The fourth-order valence-electron chi connectivity index (χ4n) is 3.45. The molecule has 3 heterocycles. The number of amides is 1. The molecule has 0 atom stereocenters. The van der Waals surface area contributed by atoms with Crippen molar-refractivity contribution in [3.8, 4) is 11.3 Å². The molecule has 7 nitrogen and oxygen atoms in total. The molecule has 0 saturated carbocycles. The van der Waals surface area contributed by atoms with Crippen LogP contribution in [0.1, 0.15) is 34.0 Å². The Morgan fingerprint density at radius 3 is 2.28 bits per heavy atom. The van der Waals surface area contributed by atoms with Gasteiger partial charge in [0, 0.05) is 30.4 Å². The number of carbonyl (C=O) groups excluding carboxylic acids is 1. The van der Waals surface area contributed by atoms with Gasteiger partial charge >= 0.3 is 12.4 Å². The van der Waals surface area contributed by atoms with Crippen LogP contribution in [-0.2, 0) is 18.9 Å². The Bertz CT molecular complexity index is 1400. The Morgan fingerprint density at radius 2 is 1.67 bits per heavy atom. The highest BCUT2D eigenvalue weighted by Crippen LogP contribution is 2.32. The standard InChI is InChI=1S/C22H17F7N6O/c1-12-9-17(21(24,25)26)33-34(12)8-2-7-30-20(36)16-11-19-31-15(13-3-5-14(23)6-4-13)10-18(22(27,28)29)35(19)32-16/h3-6,9-11H,2,7-8H2,1H3,(H,30,36). The SMILES string of the molecule is Cc1cc(C(F)(F)F)nn1CCCNC(=O)c1cc2nc(-c3ccc(F)cc3)cc(C(F)(F)F)n2n1. The van der Waals surface area contributed by atoms with Crippen molar-refractivity contribution in [1.29, 1.82) is 0 Å². The molecule has 0 bridgehead atoms. The van der Waals surface area contributed by atoms with E-state index in [4.69, 9.17) is 0 Å². The molecule has 0 spiro atoms. The van der Waals surface area contributed by atoms with E-state index in [9.17, 15) is 35.5 Å². The second-order valence-electron chi connectivity index (χ2n) is 7.83. The highest BCUT2D eigenvalue weighted by molar-refractivity contribution is 5.93. The van der Waals surface area contributed by atoms with Crippen LogP contribution in [0.5, 0.6) is 0 Å². The fourth-order valence-corrected chi connectivity index (χ4v) is 3.45. The predicted octanol–water partition coefficient (Wildman–Crippen LogP) is 4.90. The molecule has 0 saturated heterocycles. The van der Waals surface area contributed by atoms with Crippen molar-refractivity contribution in [3.05, 3.63) is 71.1 Å². The Morgan fingerprint density at radius 1 is 0.972 bits per heavy atom. The summed E-state index contributed by atoms with van der Waals surface area (Å²) >= 11 is 0. The molecule has 14 heteroatoms. The minimum Gasteiger partial charge on any atom is -0.351 e. The van der Waals surface area contributed by atoms with Crippen LogP contribution in [0.3, 0.4) is 0 Å². The summed E-state index contributed by atoms with van der Waals surface area (Å²) in [5.41, 5.74) is -2.35. The van der Waals surface area contributed by atoms with Gasteiger partial charge in [-0.1, -0.05) is 0 Å². The van der Waals surface area contributed by atoms with Gasteiger partial charge in [0.05, 0.1) is 5.69 Å². The van der Waals surface area contributed by atoms with Gasteiger partial charge < -0.3 is 5.32 Å². The first kappa shape index (κ1) is 25.1. The fraction of sp³-hybridized carbons (Fsp3) is 0.273. The first-order valence-corrected chi connectivity index (χ1v) is 10.5. The number of alkyl halides is 6. The lowest BCUT2D eigenvalue weighted by atomic mass is 10.1. The van der Waals surface area contributed by atoms with Crippen LogP contribution in [0.15, 0.2) is 42.5 Å². The molecule has 3 aromatic heterocycles. The minimum absolute atomic E-state index is 0.00768. The van der Waals surface area contributed by atoms with Gasteiger partial charge in [0.15, 0.2) is 22.7 Å². The lowest BCUT2D eigenvalue weighted by Crippen LogP contribution is -2.26. The van der Waals surface area contributed by atoms with Gasteiger partial charge in [-0.15, -0.1) is 0 Å². The molecule has 1 N–H and O–H groups in total. The number of halogens is 7. The van der Waals surface area contributed by atoms with Gasteiger partial charge in [0.25, 0.3) is 5.91 Å². The monoisotopic (exact) mass is 514 g/mol. The summed E-state index contributed by atoms with van der Waals surface area (Å²) in [7, 11) is 0. The van der Waals surface area contributed by atoms with Gasteiger partial charge in [0.1, 0.15) is 5.82 Å². The zero-order valence-electron chi connectivity index (χ0n) is 18.5. The number of fused-ring (bicyclic) bond motifs is 1. The summed E-state index contributed by atoms with van der Waals surface area (Å²) in [6.07, 6.45) is -9.19. The molecule has 4 aromatic rings. The van der Waals surface area contributed by atoms with E-state index in [0.29, 0.717) is 4.52 Å². The summed E-state index contributed by atoms with van der Waals surface area (Å²) in [5.74, 6) is -1.35. The largest absolute Gasteiger partial charge is 0.435 e. The third-order valence-electron chi connectivity index (χ3n) is 5.19. The molecule has 4 rings (SSSR count).